The van der Waals surface area contributed by atoms with Gasteiger partial charge in [0.25, 0.3) is 0 Å². The second-order valence-electron chi connectivity index (χ2n) is 6.56. The summed E-state index contributed by atoms with van der Waals surface area (Å²) in [6, 6.07) is 12.0. The van der Waals surface area contributed by atoms with Gasteiger partial charge in [-0.25, -0.2) is 17.5 Å². The van der Waals surface area contributed by atoms with Crippen LogP contribution in [0.15, 0.2) is 53.4 Å². The second-order valence-corrected chi connectivity index (χ2v) is 8.25. The van der Waals surface area contributed by atoms with Crippen molar-refractivity contribution in [3.63, 3.8) is 0 Å². The summed E-state index contributed by atoms with van der Waals surface area (Å²) in [7, 11) is -3.98. The monoisotopic (exact) mass is 377 g/mol. The van der Waals surface area contributed by atoms with Gasteiger partial charge in [0, 0.05) is 11.7 Å². The Balaban J connectivity index is 1.84. The number of carbonyl (C=O) groups excluding carboxylic acids is 1. The van der Waals surface area contributed by atoms with Crippen LogP contribution in [-0.2, 0) is 20.4 Å². The van der Waals surface area contributed by atoms with E-state index < -0.39 is 32.2 Å². The lowest BCUT2D eigenvalue weighted by Crippen LogP contribution is -2.45. The average molecular weight is 377 g/mol. The first-order chi connectivity index (χ1) is 12.2. The number of nitrogens with two attached hydrogens (primary N) is 1. The van der Waals surface area contributed by atoms with Crippen LogP contribution in [0.4, 0.5) is 10.1 Å². The molecule has 8 heteroatoms. The maximum atomic E-state index is 14.0. The zero-order chi connectivity index (χ0) is 18.9. The van der Waals surface area contributed by atoms with Crippen molar-refractivity contribution in [1.29, 1.82) is 0 Å². The molecule has 1 atom stereocenters. The second kappa shape index (κ2) is 6.79. The lowest BCUT2D eigenvalue weighted by atomic mass is 9.92. The molecule has 0 bridgehead atoms. The van der Waals surface area contributed by atoms with Gasteiger partial charge in [-0.05, 0) is 43.5 Å². The average Bonchev–Trinajstić information content (AvgIpc) is 3.40. The molecule has 2 aromatic rings. The van der Waals surface area contributed by atoms with Gasteiger partial charge >= 0.3 is 0 Å². The summed E-state index contributed by atoms with van der Waals surface area (Å²) in [6.07, 6.45) is 1.47. The third kappa shape index (κ3) is 3.92. The van der Waals surface area contributed by atoms with Crippen molar-refractivity contribution in [2.45, 2.75) is 36.2 Å². The van der Waals surface area contributed by atoms with Gasteiger partial charge in [-0.15, -0.1) is 0 Å². The van der Waals surface area contributed by atoms with Crippen LogP contribution in [0.1, 0.15) is 25.3 Å². The minimum absolute atomic E-state index is 0.150. The van der Waals surface area contributed by atoms with Crippen LogP contribution >= 0.6 is 0 Å². The normalized spacial score (nSPS) is 16.7. The van der Waals surface area contributed by atoms with Crippen molar-refractivity contribution in [2.75, 3.05) is 5.32 Å². The maximum absolute atomic E-state index is 14.0. The first-order valence-electron chi connectivity index (χ1n) is 8.18. The van der Waals surface area contributed by atoms with Gasteiger partial charge in [-0.3, -0.25) is 4.79 Å². The summed E-state index contributed by atoms with van der Waals surface area (Å²) in [6.45, 7) is 1.55. The molecule has 1 saturated carbocycles. The highest BCUT2D eigenvalue weighted by atomic mass is 32.2. The fourth-order valence-electron chi connectivity index (χ4n) is 2.45. The summed E-state index contributed by atoms with van der Waals surface area (Å²) in [5.74, 6) is -1.41. The predicted molar refractivity (Wildman–Crippen MR) is 96.4 cm³/mol. The van der Waals surface area contributed by atoms with Crippen LogP contribution < -0.4 is 15.8 Å². The van der Waals surface area contributed by atoms with Crippen molar-refractivity contribution in [1.82, 2.24) is 4.72 Å². The van der Waals surface area contributed by atoms with E-state index in [4.69, 9.17) is 5.73 Å². The molecule has 0 heterocycles. The van der Waals surface area contributed by atoms with Crippen molar-refractivity contribution in [3.8, 4) is 0 Å². The number of sulfonamides is 1. The van der Waals surface area contributed by atoms with E-state index in [1.165, 1.54) is 6.07 Å². The Kier molecular flexibility index (Phi) is 4.83. The molecule has 0 radical (unpaired) electrons. The lowest BCUT2D eigenvalue weighted by Gasteiger charge is -2.24. The number of nitrogens with one attached hydrogen (secondary N) is 2. The number of hydrogen-bond donors (Lipinski definition) is 3. The van der Waals surface area contributed by atoms with Gasteiger partial charge in [-0.1, -0.05) is 30.3 Å². The third-order valence-electron chi connectivity index (χ3n) is 4.22. The molecule has 1 aliphatic carbocycles. The molecule has 1 unspecified atom stereocenters. The summed E-state index contributed by atoms with van der Waals surface area (Å²) in [5.41, 5.74) is 5.56. The van der Waals surface area contributed by atoms with Crippen molar-refractivity contribution < 1.29 is 17.6 Å². The van der Waals surface area contributed by atoms with Gasteiger partial charge in [0.15, 0.2) is 0 Å². The quantitative estimate of drug-likeness (QED) is 0.717. The number of carbonyl (C=O) groups is 1. The van der Waals surface area contributed by atoms with Crippen LogP contribution in [0.5, 0.6) is 0 Å². The molecule has 6 nitrogen and oxygen atoms in total. The molecule has 0 aliphatic heterocycles. The third-order valence-corrected chi connectivity index (χ3v) is 5.76. The molecule has 26 heavy (non-hydrogen) atoms. The standard InChI is InChI=1S/C18H20FN3O3S/c1-18(20,12-5-3-2-4-6-12)17(23)21-14-9-10-15(19)16(11-14)26(24,25)22-13-7-8-13/h2-6,9-11,13,22H,7-8,20H2,1H3,(H,21,23). The highest BCUT2D eigenvalue weighted by Gasteiger charge is 2.32. The van der Waals surface area contributed by atoms with Gasteiger partial charge in [0.05, 0.1) is 0 Å². The molecule has 1 amide bonds. The molecule has 0 aromatic heterocycles. The Labute approximate surface area is 151 Å². The zero-order valence-corrected chi connectivity index (χ0v) is 15.0. The Bertz CT molecular complexity index is 926. The maximum Gasteiger partial charge on any atom is 0.248 e. The zero-order valence-electron chi connectivity index (χ0n) is 14.2. The summed E-state index contributed by atoms with van der Waals surface area (Å²) >= 11 is 0. The molecule has 138 valence electrons. The topological polar surface area (TPSA) is 101 Å². The Morgan fingerprint density at radius 2 is 1.85 bits per heavy atom. The van der Waals surface area contributed by atoms with Crippen molar-refractivity contribution >= 4 is 21.6 Å². The fraction of sp³-hybridized carbons (Fsp3) is 0.278. The van der Waals surface area contributed by atoms with E-state index in [9.17, 15) is 17.6 Å². The SMILES string of the molecule is CC(N)(C(=O)Nc1ccc(F)c(S(=O)(=O)NC2CC2)c1)c1ccccc1. The largest absolute Gasteiger partial charge is 0.324 e. The molecule has 0 spiro atoms. The van der Waals surface area contributed by atoms with Crippen molar-refractivity contribution in [2.24, 2.45) is 5.73 Å². The van der Waals surface area contributed by atoms with E-state index in [1.807, 2.05) is 6.07 Å². The van der Waals surface area contributed by atoms with E-state index in [1.54, 1.807) is 31.2 Å². The molecule has 1 fully saturated rings. The van der Waals surface area contributed by atoms with Gasteiger partial charge < -0.3 is 11.1 Å². The van der Waals surface area contributed by atoms with Gasteiger partial charge in [0.2, 0.25) is 15.9 Å². The Morgan fingerprint density at radius 3 is 2.46 bits per heavy atom. The number of hydrogen-bond acceptors (Lipinski definition) is 4. The lowest BCUT2D eigenvalue weighted by molar-refractivity contribution is -0.120. The first kappa shape index (κ1) is 18.5. The highest BCUT2D eigenvalue weighted by molar-refractivity contribution is 7.89. The Morgan fingerprint density at radius 1 is 1.19 bits per heavy atom. The van der Waals surface area contributed by atoms with Crippen LogP contribution in [0.2, 0.25) is 0 Å². The number of amides is 1. The Hall–Kier alpha value is -2.29. The molecule has 4 N–H and O–H groups in total. The van der Waals surface area contributed by atoms with E-state index in [0.29, 0.717) is 5.56 Å². The first-order valence-corrected chi connectivity index (χ1v) is 9.66. The smallest absolute Gasteiger partial charge is 0.248 e. The number of rotatable bonds is 6. The van der Waals surface area contributed by atoms with Gasteiger partial charge in [-0.2, -0.15) is 0 Å². The van der Waals surface area contributed by atoms with Crippen LogP contribution in [0, 0.1) is 5.82 Å². The van der Waals surface area contributed by atoms with Crippen LogP contribution in [0.3, 0.4) is 0 Å². The van der Waals surface area contributed by atoms with E-state index in [2.05, 4.69) is 10.0 Å². The van der Waals surface area contributed by atoms with Crippen LogP contribution in [0.25, 0.3) is 0 Å². The van der Waals surface area contributed by atoms with Gasteiger partial charge in [0.1, 0.15) is 16.3 Å². The number of anilines is 1. The molecule has 2 aromatic carbocycles. The molecule has 3 rings (SSSR count). The summed E-state index contributed by atoms with van der Waals surface area (Å²) in [4.78, 5) is 12.1. The van der Waals surface area contributed by atoms with E-state index in [-0.39, 0.29) is 11.7 Å². The molecule has 0 saturated heterocycles. The van der Waals surface area contributed by atoms with E-state index in [0.717, 1.165) is 25.0 Å². The predicted octanol–water partition coefficient (Wildman–Crippen LogP) is 2.08. The summed E-state index contributed by atoms with van der Waals surface area (Å²) in [5, 5.41) is 2.57. The summed E-state index contributed by atoms with van der Waals surface area (Å²) < 4.78 is 41.0. The number of benzene rings is 2. The number of halogens is 1. The van der Waals surface area contributed by atoms with Crippen LogP contribution in [-0.4, -0.2) is 20.4 Å². The molecular weight excluding hydrogens is 357 g/mol. The minimum atomic E-state index is -3.98. The molecule has 1 aliphatic rings. The fourth-order valence-corrected chi connectivity index (χ4v) is 3.86. The minimum Gasteiger partial charge on any atom is -0.324 e. The van der Waals surface area contributed by atoms with Crippen molar-refractivity contribution in [3.05, 3.63) is 59.9 Å². The highest BCUT2D eigenvalue weighted by Crippen LogP contribution is 2.26. The van der Waals surface area contributed by atoms with E-state index >= 15 is 0 Å². The molecular formula is C18H20FN3O3S.